The molecule has 1 unspecified atom stereocenters. The largest absolute Gasteiger partial charge is 0.485 e. The Bertz CT molecular complexity index is 768. The third-order valence-corrected chi connectivity index (χ3v) is 4.79. The van der Waals surface area contributed by atoms with Gasteiger partial charge in [-0.2, -0.15) is 0 Å². The number of allylic oxidation sites excluding steroid dienone is 4. The number of esters is 1. The van der Waals surface area contributed by atoms with Gasteiger partial charge in [0.2, 0.25) is 0 Å². The van der Waals surface area contributed by atoms with Crippen LogP contribution in [0.5, 0.6) is 5.75 Å². The number of carbonyl (C=O) groups is 1. The van der Waals surface area contributed by atoms with Crippen molar-refractivity contribution < 1.29 is 14.3 Å². The number of fused-ring (bicyclic) bond motifs is 1. The predicted molar refractivity (Wildman–Crippen MR) is 121 cm³/mol. The normalized spacial score (nSPS) is 16.6. The highest BCUT2D eigenvalue weighted by molar-refractivity contribution is 5.83. The van der Waals surface area contributed by atoms with Gasteiger partial charge in [-0.05, 0) is 62.8 Å². The lowest BCUT2D eigenvalue weighted by Crippen LogP contribution is -2.21. The van der Waals surface area contributed by atoms with E-state index in [-0.39, 0.29) is 12.1 Å². The van der Waals surface area contributed by atoms with Gasteiger partial charge in [-0.1, -0.05) is 62.3 Å². The molecule has 2 rings (SSSR count). The number of ether oxygens (including phenoxy) is 2. The van der Waals surface area contributed by atoms with Gasteiger partial charge in [0.15, 0.2) is 0 Å². The van der Waals surface area contributed by atoms with Crippen LogP contribution in [0.2, 0.25) is 0 Å². The summed E-state index contributed by atoms with van der Waals surface area (Å²) < 4.78 is 11.3. The van der Waals surface area contributed by atoms with Gasteiger partial charge < -0.3 is 9.47 Å². The van der Waals surface area contributed by atoms with Gasteiger partial charge in [-0.25, -0.2) is 4.79 Å². The topological polar surface area (TPSA) is 35.5 Å². The lowest BCUT2D eigenvalue weighted by atomic mass is 9.97. The smallest absolute Gasteiger partial charge is 0.330 e. The molecule has 0 bridgehead atoms. The molecule has 3 heteroatoms. The molecular weight excluding hydrogens is 360 g/mol. The first-order chi connectivity index (χ1) is 14.1. The lowest BCUT2D eigenvalue weighted by Gasteiger charge is -2.25. The van der Waals surface area contributed by atoms with Crippen molar-refractivity contribution in [1.29, 1.82) is 0 Å². The maximum absolute atomic E-state index is 11.6. The third kappa shape index (κ3) is 8.15. The van der Waals surface area contributed by atoms with E-state index < -0.39 is 0 Å². The molecule has 1 heterocycles. The predicted octanol–water partition coefficient (Wildman–Crippen LogP) is 6.81. The fourth-order valence-electron chi connectivity index (χ4n) is 3.22. The Morgan fingerprint density at radius 2 is 1.93 bits per heavy atom. The van der Waals surface area contributed by atoms with Gasteiger partial charge in [0, 0.05) is 11.6 Å². The van der Waals surface area contributed by atoms with Crippen LogP contribution in [0.25, 0.3) is 6.08 Å². The van der Waals surface area contributed by atoms with Crippen molar-refractivity contribution in [2.45, 2.75) is 65.4 Å². The summed E-state index contributed by atoms with van der Waals surface area (Å²) in [4.78, 5) is 11.6. The Kier molecular flexibility index (Phi) is 10.1. The van der Waals surface area contributed by atoms with Crippen LogP contribution in [0.4, 0.5) is 0 Å². The van der Waals surface area contributed by atoms with Crippen molar-refractivity contribution in [3.8, 4) is 5.75 Å². The molecule has 1 aromatic carbocycles. The number of para-hydroxylation sites is 1. The van der Waals surface area contributed by atoms with Crippen molar-refractivity contribution in [3.05, 3.63) is 71.4 Å². The molecule has 1 atom stereocenters. The molecule has 0 amide bonds. The maximum atomic E-state index is 11.6. The first-order valence-electron chi connectivity index (χ1n) is 10.8. The summed E-state index contributed by atoms with van der Waals surface area (Å²) >= 11 is 0. The Morgan fingerprint density at radius 3 is 2.72 bits per heavy atom. The fraction of sp³-hybridized carbons (Fsp3) is 0.423. The van der Waals surface area contributed by atoms with E-state index in [4.69, 9.17) is 9.47 Å². The zero-order valence-electron chi connectivity index (χ0n) is 18.0. The summed E-state index contributed by atoms with van der Waals surface area (Å²) in [5.74, 6) is 0.624. The van der Waals surface area contributed by atoms with Crippen molar-refractivity contribution in [2.75, 3.05) is 6.61 Å². The Balaban J connectivity index is 2.05. The van der Waals surface area contributed by atoms with Crippen molar-refractivity contribution in [2.24, 2.45) is 0 Å². The summed E-state index contributed by atoms with van der Waals surface area (Å²) in [7, 11) is 0. The molecule has 0 aromatic heterocycles. The highest BCUT2D eigenvalue weighted by atomic mass is 16.5. The number of hydrogen-bond donors (Lipinski definition) is 0. The molecule has 0 saturated heterocycles. The van der Waals surface area contributed by atoms with E-state index in [2.05, 4.69) is 37.3 Å². The summed E-state index contributed by atoms with van der Waals surface area (Å²) in [6.45, 7) is 6.32. The summed E-state index contributed by atoms with van der Waals surface area (Å²) in [5, 5.41) is 0. The van der Waals surface area contributed by atoms with Gasteiger partial charge in [-0.3, -0.25) is 0 Å². The lowest BCUT2D eigenvalue weighted by molar-refractivity contribution is -0.137. The number of rotatable bonds is 11. The molecule has 0 N–H and O–H groups in total. The van der Waals surface area contributed by atoms with Crippen molar-refractivity contribution >= 4 is 12.0 Å². The number of unbranched alkanes of at least 4 members (excludes halogenated alkanes) is 3. The third-order valence-electron chi connectivity index (χ3n) is 4.79. The molecule has 29 heavy (non-hydrogen) atoms. The minimum atomic E-state index is -0.307. The van der Waals surface area contributed by atoms with Crippen LogP contribution < -0.4 is 4.74 Å². The highest BCUT2D eigenvalue weighted by Crippen LogP contribution is 2.32. The fourth-order valence-corrected chi connectivity index (χ4v) is 3.22. The quantitative estimate of drug-likeness (QED) is 0.136. The van der Waals surface area contributed by atoms with Crippen LogP contribution in [-0.4, -0.2) is 18.7 Å². The molecule has 1 aromatic rings. The summed E-state index contributed by atoms with van der Waals surface area (Å²) in [6, 6.07) is 8.11. The number of benzene rings is 1. The average Bonchev–Trinajstić information content (AvgIpc) is 2.71. The first-order valence-corrected chi connectivity index (χ1v) is 10.8. The molecule has 0 radical (unpaired) electrons. The highest BCUT2D eigenvalue weighted by Gasteiger charge is 2.20. The van der Waals surface area contributed by atoms with E-state index >= 15 is 0 Å². The standard InChI is InChI=1S/C26H34O3/c1-4-6-7-8-9-10-11-15-25-23(18-17-21(3)19-26(27)28-5-2)20-22-14-12-13-16-24(22)29-25/h9-10,12-14,16-20,25H,4-8,11,15H2,1-3H3. The molecule has 0 spiro atoms. The van der Waals surface area contributed by atoms with E-state index in [1.54, 1.807) is 6.92 Å². The number of hydrogen-bond acceptors (Lipinski definition) is 3. The molecule has 3 nitrogen and oxygen atoms in total. The zero-order valence-corrected chi connectivity index (χ0v) is 18.0. The second kappa shape index (κ2) is 12.8. The van der Waals surface area contributed by atoms with Gasteiger partial charge in [0.05, 0.1) is 6.61 Å². The molecule has 1 aliphatic rings. The second-order valence-electron chi connectivity index (χ2n) is 7.31. The monoisotopic (exact) mass is 394 g/mol. The summed E-state index contributed by atoms with van der Waals surface area (Å²) in [6.07, 6.45) is 19.2. The van der Waals surface area contributed by atoms with Gasteiger partial charge in [-0.15, -0.1) is 0 Å². The van der Waals surface area contributed by atoms with Crippen molar-refractivity contribution in [3.63, 3.8) is 0 Å². The molecule has 1 aliphatic heterocycles. The second-order valence-corrected chi connectivity index (χ2v) is 7.31. The minimum absolute atomic E-state index is 0.0110. The molecule has 156 valence electrons. The van der Waals surface area contributed by atoms with Crippen LogP contribution in [-0.2, 0) is 9.53 Å². The van der Waals surface area contributed by atoms with Gasteiger partial charge in [0.1, 0.15) is 11.9 Å². The van der Waals surface area contributed by atoms with E-state index in [0.29, 0.717) is 6.61 Å². The molecule has 0 fully saturated rings. The van der Waals surface area contributed by atoms with E-state index in [0.717, 1.165) is 41.7 Å². The van der Waals surface area contributed by atoms with Gasteiger partial charge >= 0.3 is 5.97 Å². The summed E-state index contributed by atoms with van der Waals surface area (Å²) in [5.41, 5.74) is 3.07. The zero-order chi connectivity index (χ0) is 20.9. The average molecular weight is 395 g/mol. The first kappa shape index (κ1) is 22.7. The van der Waals surface area contributed by atoms with Gasteiger partial charge in [0.25, 0.3) is 0 Å². The molecular formula is C26H34O3. The van der Waals surface area contributed by atoms with Crippen molar-refractivity contribution in [1.82, 2.24) is 0 Å². The van der Waals surface area contributed by atoms with Crippen LogP contribution in [0.3, 0.4) is 0 Å². The van der Waals surface area contributed by atoms with E-state index in [1.807, 2.05) is 31.2 Å². The Hall–Kier alpha value is -2.55. The van der Waals surface area contributed by atoms with E-state index in [9.17, 15) is 4.79 Å². The SMILES string of the molecule is CCCCCC=CCCC1Oc2ccccc2C=C1C=CC(C)=CC(=O)OCC. The Labute approximate surface area is 175 Å². The maximum Gasteiger partial charge on any atom is 0.330 e. The van der Waals surface area contributed by atoms with Crippen LogP contribution >= 0.6 is 0 Å². The van der Waals surface area contributed by atoms with E-state index in [1.165, 1.54) is 25.3 Å². The minimum Gasteiger partial charge on any atom is -0.485 e. The molecule has 0 saturated carbocycles. The van der Waals surface area contributed by atoms with Crippen LogP contribution in [0, 0.1) is 0 Å². The van der Waals surface area contributed by atoms with Crippen LogP contribution in [0.1, 0.15) is 64.9 Å². The van der Waals surface area contributed by atoms with Crippen LogP contribution in [0.15, 0.2) is 65.8 Å². The Morgan fingerprint density at radius 1 is 1.14 bits per heavy atom. The molecule has 0 aliphatic carbocycles. The number of carbonyl (C=O) groups excluding carboxylic acids is 1.